The van der Waals surface area contributed by atoms with E-state index in [0.717, 1.165) is 6.54 Å². The molecule has 1 N–H and O–H groups in total. The van der Waals surface area contributed by atoms with Gasteiger partial charge < -0.3 is 9.88 Å². The first kappa shape index (κ1) is 16.2. The molecule has 0 fully saturated rings. The fourth-order valence-corrected chi connectivity index (χ4v) is 2.61. The average Bonchev–Trinajstić information content (AvgIpc) is 2.90. The van der Waals surface area contributed by atoms with E-state index in [2.05, 4.69) is 34.9 Å². The summed E-state index contributed by atoms with van der Waals surface area (Å²) in [6.45, 7) is 5.45. The minimum absolute atomic E-state index is 0.408. The number of unbranched alkanes of at least 4 members (excludes halogenated alkanes) is 6. The Morgan fingerprint density at radius 2 is 1.79 bits per heavy atom. The lowest BCUT2D eigenvalue weighted by atomic mass is 10.0. The fourth-order valence-electron chi connectivity index (χ4n) is 2.61. The first-order chi connectivity index (χ1) is 9.33. The van der Waals surface area contributed by atoms with E-state index >= 15 is 0 Å². The summed E-state index contributed by atoms with van der Waals surface area (Å²) < 4.78 is 2.24. The predicted octanol–water partition coefficient (Wildman–Crippen LogP) is 4.30. The van der Waals surface area contributed by atoms with Crippen LogP contribution in [0.3, 0.4) is 0 Å². The van der Waals surface area contributed by atoms with Gasteiger partial charge in [0, 0.05) is 18.9 Å². The molecule has 0 radical (unpaired) electrons. The molecular formula is C16H31N3. The Morgan fingerprint density at radius 1 is 1.11 bits per heavy atom. The van der Waals surface area contributed by atoms with Crippen molar-refractivity contribution in [2.24, 2.45) is 0 Å². The van der Waals surface area contributed by atoms with Gasteiger partial charge in [0.15, 0.2) is 0 Å². The van der Waals surface area contributed by atoms with Crippen LogP contribution in [-0.2, 0) is 6.54 Å². The van der Waals surface area contributed by atoms with E-state index in [0.29, 0.717) is 6.04 Å². The van der Waals surface area contributed by atoms with Gasteiger partial charge in [0.25, 0.3) is 0 Å². The second kappa shape index (κ2) is 10.0. The number of imidazole rings is 1. The Balaban J connectivity index is 2.22. The zero-order valence-corrected chi connectivity index (χ0v) is 13.0. The van der Waals surface area contributed by atoms with Crippen molar-refractivity contribution in [2.75, 3.05) is 7.05 Å². The average molecular weight is 265 g/mol. The minimum atomic E-state index is 0.408. The molecule has 3 nitrogen and oxygen atoms in total. The van der Waals surface area contributed by atoms with Crippen LogP contribution in [0.2, 0.25) is 0 Å². The summed E-state index contributed by atoms with van der Waals surface area (Å²) >= 11 is 0. The van der Waals surface area contributed by atoms with E-state index in [1.165, 1.54) is 57.2 Å². The van der Waals surface area contributed by atoms with Crippen LogP contribution in [0.15, 0.2) is 12.4 Å². The summed E-state index contributed by atoms with van der Waals surface area (Å²) in [6, 6.07) is 0.408. The summed E-state index contributed by atoms with van der Waals surface area (Å²) in [5, 5.41) is 3.41. The Kier molecular flexibility index (Phi) is 8.55. The Morgan fingerprint density at radius 3 is 2.42 bits per heavy atom. The Labute approximate surface area is 118 Å². The maximum atomic E-state index is 4.50. The normalized spacial score (nSPS) is 12.8. The molecule has 3 heteroatoms. The molecule has 0 aromatic carbocycles. The highest BCUT2D eigenvalue weighted by Gasteiger charge is 2.13. The lowest BCUT2D eigenvalue weighted by molar-refractivity contribution is 0.461. The minimum Gasteiger partial charge on any atom is -0.334 e. The summed E-state index contributed by atoms with van der Waals surface area (Å²) in [4.78, 5) is 4.50. The van der Waals surface area contributed by atoms with Crippen molar-refractivity contribution >= 4 is 0 Å². The van der Waals surface area contributed by atoms with Crippen LogP contribution in [0.25, 0.3) is 0 Å². The molecule has 1 rings (SSSR count). The molecule has 1 aromatic heterocycles. The van der Waals surface area contributed by atoms with Gasteiger partial charge >= 0.3 is 0 Å². The highest BCUT2D eigenvalue weighted by molar-refractivity contribution is 4.99. The summed E-state index contributed by atoms with van der Waals surface area (Å²) in [5.74, 6) is 1.19. The molecule has 0 saturated carbocycles. The SMILES string of the molecule is CCCCCCCCCC(NC)c1nccn1CC. The van der Waals surface area contributed by atoms with Crippen LogP contribution >= 0.6 is 0 Å². The van der Waals surface area contributed by atoms with Crippen LogP contribution in [0.1, 0.15) is 77.1 Å². The Hall–Kier alpha value is -0.830. The van der Waals surface area contributed by atoms with Crippen molar-refractivity contribution in [3.63, 3.8) is 0 Å². The molecule has 0 amide bonds. The van der Waals surface area contributed by atoms with Crippen LogP contribution in [-0.4, -0.2) is 16.6 Å². The van der Waals surface area contributed by atoms with Crippen LogP contribution in [0.5, 0.6) is 0 Å². The molecule has 1 atom stereocenters. The lowest BCUT2D eigenvalue weighted by Gasteiger charge is -2.16. The topological polar surface area (TPSA) is 29.9 Å². The number of aryl methyl sites for hydroxylation is 1. The lowest BCUT2D eigenvalue weighted by Crippen LogP contribution is -2.20. The third kappa shape index (κ3) is 5.77. The maximum Gasteiger partial charge on any atom is 0.125 e. The van der Waals surface area contributed by atoms with Crippen molar-refractivity contribution in [3.8, 4) is 0 Å². The maximum absolute atomic E-state index is 4.50. The number of nitrogens with one attached hydrogen (secondary N) is 1. The van der Waals surface area contributed by atoms with Crippen LogP contribution < -0.4 is 5.32 Å². The highest BCUT2D eigenvalue weighted by atomic mass is 15.1. The third-order valence-corrected chi connectivity index (χ3v) is 3.84. The standard InChI is InChI=1S/C16H31N3/c1-4-6-7-8-9-10-11-12-15(17-3)16-18-13-14-19(16)5-2/h13-15,17H,4-12H2,1-3H3. The summed E-state index contributed by atoms with van der Waals surface area (Å²) in [7, 11) is 2.04. The number of rotatable bonds is 11. The monoisotopic (exact) mass is 265 g/mol. The molecule has 0 bridgehead atoms. The first-order valence-corrected chi connectivity index (χ1v) is 8.01. The summed E-state index contributed by atoms with van der Waals surface area (Å²) in [5.41, 5.74) is 0. The van der Waals surface area contributed by atoms with Crippen molar-refractivity contribution in [1.29, 1.82) is 0 Å². The van der Waals surface area contributed by atoms with Crippen molar-refractivity contribution in [1.82, 2.24) is 14.9 Å². The molecule has 110 valence electrons. The van der Waals surface area contributed by atoms with Gasteiger partial charge in [0.1, 0.15) is 5.82 Å². The molecule has 0 spiro atoms. The fraction of sp³-hybridized carbons (Fsp3) is 0.812. The molecule has 0 aliphatic heterocycles. The molecule has 0 aliphatic rings. The van der Waals surface area contributed by atoms with Crippen LogP contribution in [0, 0.1) is 0 Å². The Bertz CT molecular complexity index is 320. The molecule has 1 heterocycles. The molecule has 0 saturated heterocycles. The second-order valence-corrected chi connectivity index (χ2v) is 5.32. The van der Waals surface area contributed by atoms with Gasteiger partial charge in [0.05, 0.1) is 6.04 Å². The van der Waals surface area contributed by atoms with Gasteiger partial charge in [-0.1, -0.05) is 51.9 Å². The van der Waals surface area contributed by atoms with Gasteiger partial charge in [-0.2, -0.15) is 0 Å². The van der Waals surface area contributed by atoms with E-state index < -0.39 is 0 Å². The first-order valence-electron chi connectivity index (χ1n) is 8.01. The van der Waals surface area contributed by atoms with Gasteiger partial charge in [-0.05, 0) is 20.4 Å². The quantitative estimate of drug-likeness (QED) is 0.604. The molecule has 1 unspecified atom stereocenters. The number of hydrogen-bond donors (Lipinski definition) is 1. The predicted molar refractivity (Wildman–Crippen MR) is 82.3 cm³/mol. The van der Waals surface area contributed by atoms with E-state index in [1.807, 2.05) is 13.2 Å². The van der Waals surface area contributed by atoms with Gasteiger partial charge in [-0.3, -0.25) is 0 Å². The molecular weight excluding hydrogens is 234 g/mol. The number of nitrogens with zero attached hydrogens (tertiary/aromatic N) is 2. The second-order valence-electron chi connectivity index (χ2n) is 5.32. The van der Waals surface area contributed by atoms with E-state index in [9.17, 15) is 0 Å². The van der Waals surface area contributed by atoms with E-state index in [1.54, 1.807) is 0 Å². The third-order valence-electron chi connectivity index (χ3n) is 3.84. The molecule has 0 aliphatic carbocycles. The van der Waals surface area contributed by atoms with Crippen molar-refractivity contribution in [2.45, 2.75) is 77.8 Å². The molecule has 19 heavy (non-hydrogen) atoms. The van der Waals surface area contributed by atoms with Gasteiger partial charge in [-0.15, -0.1) is 0 Å². The molecule has 1 aromatic rings. The smallest absolute Gasteiger partial charge is 0.125 e. The van der Waals surface area contributed by atoms with E-state index in [-0.39, 0.29) is 0 Å². The zero-order valence-electron chi connectivity index (χ0n) is 13.0. The van der Waals surface area contributed by atoms with Crippen LogP contribution in [0.4, 0.5) is 0 Å². The number of aromatic nitrogens is 2. The summed E-state index contributed by atoms with van der Waals surface area (Å²) in [6.07, 6.45) is 14.8. The van der Waals surface area contributed by atoms with Gasteiger partial charge in [0.2, 0.25) is 0 Å². The zero-order chi connectivity index (χ0) is 13.9. The van der Waals surface area contributed by atoms with Crippen molar-refractivity contribution < 1.29 is 0 Å². The van der Waals surface area contributed by atoms with Gasteiger partial charge in [-0.25, -0.2) is 4.98 Å². The largest absolute Gasteiger partial charge is 0.334 e. The number of hydrogen-bond acceptors (Lipinski definition) is 2. The van der Waals surface area contributed by atoms with E-state index in [4.69, 9.17) is 0 Å². The highest BCUT2D eigenvalue weighted by Crippen LogP contribution is 2.19. The van der Waals surface area contributed by atoms with Crippen molar-refractivity contribution in [3.05, 3.63) is 18.2 Å².